The summed E-state index contributed by atoms with van der Waals surface area (Å²) in [4.78, 5) is 15.6. The van der Waals surface area contributed by atoms with Crippen molar-refractivity contribution in [3.05, 3.63) is 36.7 Å². The number of hydrogen-bond acceptors (Lipinski definition) is 4. The minimum atomic E-state index is -3.75. The molecule has 2 aromatic rings. The molecule has 0 radical (unpaired) electrons. The number of rotatable bonds is 6. The predicted molar refractivity (Wildman–Crippen MR) is 80.2 cm³/mol. The molecule has 2 rings (SSSR count). The lowest BCUT2D eigenvalue weighted by atomic mass is 10.2. The molecule has 0 saturated carbocycles. The Labute approximate surface area is 123 Å². The molecular formula is C14H17N3O3S. The number of fused-ring (bicyclic) bond motifs is 1. The number of benzene rings is 1. The van der Waals surface area contributed by atoms with Gasteiger partial charge in [0.05, 0.1) is 11.4 Å². The van der Waals surface area contributed by atoms with E-state index in [1.807, 2.05) is 6.92 Å². The summed E-state index contributed by atoms with van der Waals surface area (Å²) in [5, 5.41) is 3.93. The summed E-state index contributed by atoms with van der Waals surface area (Å²) in [6, 6.07) is 6.58. The first-order chi connectivity index (χ1) is 10.0. The van der Waals surface area contributed by atoms with E-state index >= 15 is 0 Å². The van der Waals surface area contributed by atoms with E-state index in [0.29, 0.717) is 11.9 Å². The van der Waals surface area contributed by atoms with Crippen LogP contribution in [0, 0.1) is 0 Å². The largest absolute Gasteiger partial charge is 0.355 e. The van der Waals surface area contributed by atoms with Crippen LogP contribution in [0.2, 0.25) is 0 Å². The zero-order valence-electron chi connectivity index (χ0n) is 11.7. The van der Waals surface area contributed by atoms with E-state index in [-0.39, 0.29) is 17.3 Å². The van der Waals surface area contributed by atoms with Gasteiger partial charge in [-0.25, -0.2) is 13.1 Å². The lowest BCUT2D eigenvalue weighted by Gasteiger charge is -2.09. The average molecular weight is 307 g/mol. The standard InChI is InChI=1S/C14H17N3O3S/c1-2-7-16-14(18)10-17-21(19,20)13-5-3-4-11-9-15-8-6-12(11)13/h3-6,8-9,17H,2,7,10H2,1H3,(H,16,18). The highest BCUT2D eigenvalue weighted by atomic mass is 32.2. The Balaban J connectivity index is 2.20. The summed E-state index contributed by atoms with van der Waals surface area (Å²) < 4.78 is 26.9. The lowest BCUT2D eigenvalue weighted by molar-refractivity contribution is -0.119. The zero-order chi connectivity index (χ0) is 15.3. The number of carbonyl (C=O) groups excluding carboxylic acids is 1. The summed E-state index contributed by atoms with van der Waals surface area (Å²) in [6.45, 7) is 2.18. The molecule has 0 atom stereocenters. The van der Waals surface area contributed by atoms with Crippen LogP contribution in [0.5, 0.6) is 0 Å². The van der Waals surface area contributed by atoms with Crippen molar-refractivity contribution in [2.75, 3.05) is 13.1 Å². The molecule has 1 amide bonds. The highest BCUT2D eigenvalue weighted by molar-refractivity contribution is 7.89. The Hall–Kier alpha value is -1.99. The van der Waals surface area contributed by atoms with Crippen LogP contribution in [0.15, 0.2) is 41.6 Å². The molecule has 0 fully saturated rings. The molecule has 6 nitrogen and oxygen atoms in total. The second-order valence-corrected chi connectivity index (χ2v) is 6.26. The predicted octanol–water partition coefficient (Wildman–Crippen LogP) is 1.04. The van der Waals surface area contributed by atoms with Gasteiger partial charge in [0.2, 0.25) is 15.9 Å². The van der Waals surface area contributed by atoms with Gasteiger partial charge < -0.3 is 5.32 Å². The third-order valence-electron chi connectivity index (χ3n) is 2.93. The van der Waals surface area contributed by atoms with Gasteiger partial charge in [-0.2, -0.15) is 0 Å². The van der Waals surface area contributed by atoms with Gasteiger partial charge in [0.25, 0.3) is 0 Å². The van der Waals surface area contributed by atoms with Crippen LogP contribution in [0.3, 0.4) is 0 Å². The summed E-state index contributed by atoms with van der Waals surface area (Å²) in [5.41, 5.74) is 0. The molecule has 0 bridgehead atoms. The topological polar surface area (TPSA) is 88.2 Å². The first kappa shape index (κ1) is 15.4. The van der Waals surface area contributed by atoms with E-state index in [1.54, 1.807) is 24.4 Å². The molecule has 1 heterocycles. The third-order valence-corrected chi connectivity index (χ3v) is 4.38. The van der Waals surface area contributed by atoms with Crippen molar-refractivity contribution >= 4 is 26.7 Å². The SMILES string of the molecule is CCCNC(=O)CNS(=O)(=O)c1cccc2cnccc12. The van der Waals surface area contributed by atoms with Crippen LogP contribution in [-0.2, 0) is 14.8 Å². The molecule has 0 saturated heterocycles. The number of nitrogens with one attached hydrogen (secondary N) is 2. The molecule has 0 aliphatic rings. The molecule has 0 aliphatic carbocycles. The first-order valence-corrected chi connectivity index (χ1v) is 8.12. The Morgan fingerprint density at radius 3 is 2.86 bits per heavy atom. The lowest BCUT2D eigenvalue weighted by Crippen LogP contribution is -2.37. The molecule has 0 unspecified atom stereocenters. The zero-order valence-corrected chi connectivity index (χ0v) is 12.5. The van der Waals surface area contributed by atoms with Crippen LogP contribution in [0.1, 0.15) is 13.3 Å². The van der Waals surface area contributed by atoms with Gasteiger partial charge in [0.15, 0.2) is 0 Å². The van der Waals surface area contributed by atoms with E-state index < -0.39 is 10.0 Å². The minimum absolute atomic E-state index is 0.144. The van der Waals surface area contributed by atoms with Crippen LogP contribution in [0.4, 0.5) is 0 Å². The molecule has 0 aliphatic heterocycles. The normalized spacial score (nSPS) is 11.5. The van der Waals surface area contributed by atoms with Crippen LogP contribution < -0.4 is 10.0 Å². The maximum atomic E-state index is 12.3. The molecule has 112 valence electrons. The minimum Gasteiger partial charge on any atom is -0.355 e. The van der Waals surface area contributed by atoms with Crippen molar-refractivity contribution in [2.24, 2.45) is 0 Å². The fraction of sp³-hybridized carbons (Fsp3) is 0.286. The van der Waals surface area contributed by atoms with Gasteiger partial charge in [-0.05, 0) is 18.6 Å². The summed E-state index contributed by atoms with van der Waals surface area (Å²) in [5.74, 6) is -0.345. The smallest absolute Gasteiger partial charge is 0.241 e. The number of amides is 1. The van der Waals surface area contributed by atoms with Gasteiger partial charge in [0.1, 0.15) is 0 Å². The Kier molecular flexibility index (Phi) is 4.87. The van der Waals surface area contributed by atoms with Crippen molar-refractivity contribution in [3.63, 3.8) is 0 Å². The Bertz CT molecular complexity index is 739. The fourth-order valence-electron chi connectivity index (χ4n) is 1.89. The van der Waals surface area contributed by atoms with Gasteiger partial charge in [0, 0.05) is 29.7 Å². The number of carbonyl (C=O) groups is 1. The average Bonchev–Trinajstić information content (AvgIpc) is 2.50. The van der Waals surface area contributed by atoms with Crippen molar-refractivity contribution in [2.45, 2.75) is 18.2 Å². The van der Waals surface area contributed by atoms with E-state index in [0.717, 1.165) is 11.8 Å². The maximum Gasteiger partial charge on any atom is 0.241 e. The van der Waals surface area contributed by atoms with Crippen molar-refractivity contribution in [1.82, 2.24) is 15.0 Å². The molecule has 1 aromatic carbocycles. The Morgan fingerprint density at radius 2 is 2.10 bits per heavy atom. The van der Waals surface area contributed by atoms with Crippen LogP contribution >= 0.6 is 0 Å². The van der Waals surface area contributed by atoms with Gasteiger partial charge in [-0.3, -0.25) is 9.78 Å². The Morgan fingerprint density at radius 1 is 1.29 bits per heavy atom. The maximum absolute atomic E-state index is 12.3. The van der Waals surface area contributed by atoms with Crippen molar-refractivity contribution < 1.29 is 13.2 Å². The first-order valence-electron chi connectivity index (χ1n) is 6.63. The molecular weight excluding hydrogens is 290 g/mol. The summed E-state index contributed by atoms with van der Waals surface area (Å²) in [6.07, 6.45) is 3.94. The highest BCUT2D eigenvalue weighted by Crippen LogP contribution is 2.21. The highest BCUT2D eigenvalue weighted by Gasteiger charge is 2.18. The van der Waals surface area contributed by atoms with Crippen molar-refractivity contribution in [3.8, 4) is 0 Å². The second-order valence-electron chi connectivity index (χ2n) is 4.53. The molecule has 7 heteroatoms. The second kappa shape index (κ2) is 6.64. The van der Waals surface area contributed by atoms with Crippen LogP contribution in [0.25, 0.3) is 10.8 Å². The monoisotopic (exact) mass is 307 g/mol. The van der Waals surface area contributed by atoms with E-state index in [9.17, 15) is 13.2 Å². The molecule has 0 spiro atoms. The van der Waals surface area contributed by atoms with Gasteiger partial charge in [-0.15, -0.1) is 0 Å². The third kappa shape index (κ3) is 3.77. The number of sulfonamides is 1. The van der Waals surface area contributed by atoms with E-state index in [2.05, 4.69) is 15.0 Å². The number of pyridine rings is 1. The van der Waals surface area contributed by atoms with Gasteiger partial charge in [-0.1, -0.05) is 19.1 Å². The fourth-order valence-corrected chi connectivity index (χ4v) is 3.10. The van der Waals surface area contributed by atoms with Crippen molar-refractivity contribution in [1.29, 1.82) is 0 Å². The summed E-state index contributed by atoms with van der Waals surface area (Å²) in [7, 11) is -3.75. The molecule has 21 heavy (non-hydrogen) atoms. The number of aromatic nitrogens is 1. The molecule has 2 N–H and O–H groups in total. The number of hydrogen-bond donors (Lipinski definition) is 2. The van der Waals surface area contributed by atoms with E-state index in [1.165, 1.54) is 12.3 Å². The summed E-state index contributed by atoms with van der Waals surface area (Å²) >= 11 is 0. The van der Waals surface area contributed by atoms with Crippen LogP contribution in [-0.4, -0.2) is 32.4 Å². The quantitative estimate of drug-likeness (QED) is 0.834. The number of nitrogens with zero attached hydrogens (tertiary/aromatic N) is 1. The van der Waals surface area contributed by atoms with Gasteiger partial charge >= 0.3 is 0 Å². The van der Waals surface area contributed by atoms with E-state index in [4.69, 9.17) is 0 Å². The molecule has 1 aromatic heterocycles.